The Morgan fingerprint density at radius 1 is 1.90 bits per heavy atom. The van der Waals surface area contributed by atoms with E-state index in [1.807, 2.05) is 6.82 Å². The molecule has 1 aromatic rings. The summed E-state index contributed by atoms with van der Waals surface area (Å²) in [6.07, 6.45) is 2.61. The van der Waals surface area contributed by atoms with Gasteiger partial charge in [0.05, 0.1) is 6.20 Å². The SMILES string of the molecule is CBNC(=O)c1cnco1. The van der Waals surface area contributed by atoms with Gasteiger partial charge < -0.3 is 9.64 Å². The highest BCUT2D eigenvalue weighted by Crippen LogP contribution is 1.94. The van der Waals surface area contributed by atoms with Crippen molar-refractivity contribution in [3.05, 3.63) is 18.4 Å². The fourth-order valence-electron chi connectivity index (χ4n) is 0.576. The van der Waals surface area contributed by atoms with Gasteiger partial charge in [0.1, 0.15) is 0 Å². The molecule has 0 unspecified atom stereocenters. The molecule has 0 spiro atoms. The van der Waals surface area contributed by atoms with Crippen LogP contribution in [0.1, 0.15) is 10.6 Å². The maximum Gasteiger partial charge on any atom is 0.276 e. The predicted octanol–water partition coefficient (Wildman–Crippen LogP) is -0.196. The van der Waals surface area contributed by atoms with E-state index in [-0.39, 0.29) is 11.7 Å². The second-order valence-corrected chi connectivity index (χ2v) is 1.73. The minimum absolute atomic E-state index is 0.222. The van der Waals surface area contributed by atoms with Crippen molar-refractivity contribution in [1.82, 2.24) is 10.2 Å². The molecule has 4 nitrogen and oxygen atoms in total. The molecule has 0 fully saturated rings. The number of nitrogens with one attached hydrogen (secondary N) is 1. The number of carbonyl (C=O) groups excluding carboxylic acids is 1. The Bertz CT molecular complexity index is 209. The van der Waals surface area contributed by atoms with Gasteiger partial charge in [-0.05, 0) is 0 Å². The molecule has 1 N–H and O–H groups in total. The van der Waals surface area contributed by atoms with Crippen molar-refractivity contribution < 1.29 is 9.21 Å². The van der Waals surface area contributed by atoms with Gasteiger partial charge in [0.25, 0.3) is 5.91 Å². The Kier molecular flexibility index (Phi) is 2.09. The van der Waals surface area contributed by atoms with E-state index in [1.54, 1.807) is 0 Å². The first-order valence-corrected chi connectivity index (χ1v) is 3.01. The Hall–Kier alpha value is -1.26. The normalized spacial score (nSPS) is 8.90. The van der Waals surface area contributed by atoms with Crippen LogP contribution in [0.3, 0.4) is 0 Å². The summed E-state index contributed by atoms with van der Waals surface area (Å²) < 4.78 is 4.72. The zero-order valence-corrected chi connectivity index (χ0v) is 5.63. The third kappa shape index (κ3) is 1.37. The summed E-state index contributed by atoms with van der Waals surface area (Å²) in [5, 5.41) is 2.58. The van der Waals surface area contributed by atoms with Gasteiger partial charge >= 0.3 is 0 Å². The molecule has 1 heterocycles. The van der Waals surface area contributed by atoms with Gasteiger partial charge in [-0.3, -0.25) is 4.79 Å². The topological polar surface area (TPSA) is 55.1 Å². The molecule has 0 saturated heterocycles. The number of carbonyl (C=O) groups is 1. The summed E-state index contributed by atoms with van der Waals surface area (Å²) in [5.74, 6) is 0.0295. The Labute approximate surface area is 58.9 Å². The molecule has 52 valence electrons. The highest BCUT2D eigenvalue weighted by molar-refractivity contribution is 6.36. The van der Waals surface area contributed by atoms with Crippen molar-refractivity contribution in [3.63, 3.8) is 0 Å². The third-order valence-corrected chi connectivity index (χ3v) is 0.993. The molecule has 0 aliphatic carbocycles. The first-order chi connectivity index (χ1) is 4.84. The molecule has 0 aliphatic rings. The van der Waals surface area contributed by atoms with Crippen LogP contribution < -0.4 is 5.23 Å². The molecule has 0 atom stereocenters. The van der Waals surface area contributed by atoms with Gasteiger partial charge in [-0.1, -0.05) is 6.82 Å². The first-order valence-electron chi connectivity index (χ1n) is 3.01. The highest BCUT2D eigenvalue weighted by Gasteiger charge is 2.05. The van der Waals surface area contributed by atoms with E-state index in [4.69, 9.17) is 4.42 Å². The van der Waals surface area contributed by atoms with E-state index in [9.17, 15) is 4.79 Å². The second-order valence-electron chi connectivity index (χ2n) is 1.73. The van der Waals surface area contributed by atoms with Crippen molar-refractivity contribution >= 4 is 13.3 Å². The fraction of sp³-hybridized carbons (Fsp3) is 0.200. The number of aromatic nitrogens is 1. The predicted molar refractivity (Wildman–Crippen MR) is 37.0 cm³/mol. The molecule has 0 aliphatic heterocycles. The van der Waals surface area contributed by atoms with Gasteiger partial charge in [0.2, 0.25) is 13.2 Å². The Balaban J connectivity index is 2.59. The lowest BCUT2D eigenvalue weighted by atomic mass is 10.0. The van der Waals surface area contributed by atoms with Crippen molar-refractivity contribution in [2.75, 3.05) is 0 Å². The monoisotopic (exact) mass is 138 g/mol. The molecule has 5 heteroatoms. The van der Waals surface area contributed by atoms with Gasteiger partial charge in [0.15, 0.2) is 6.39 Å². The zero-order chi connectivity index (χ0) is 7.40. The van der Waals surface area contributed by atoms with Gasteiger partial charge in [-0.25, -0.2) is 4.98 Å². The van der Waals surface area contributed by atoms with E-state index in [0.717, 1.165) is 0 Å². The molecule has 0 bridgehead atoms. The summed E-state index contributed by atoms with van der Waals surface area (Å²) >= 11 is 0. The van der Waals surface area contributed by atoms with Crippen LogP contribution >= 0.6 is 0 Å². The number of nitrogens with zero attached hydrogens (tertiary/aromatic N) is 1. The number of hydrogen-bond donors (Lipinski definition) is 1. The molecule has 0 saturated carbocycles. The third-order valence-electron chi connectivity index (χ3n) is 0.993. The van der Waals surface area contributed by atoms with Crippen molar-refractivity contribution in [2.45, 2.75) is 6.82 Å². The van der Waals surface area contributed by atoms with Crippen LogP contribution in [0, 0.1) is 0 Å². The minimum atomic E-state index is -0.222. The maximum absolute atomic E-state index is 10.9. The molecule has 0 aromatic carbocycles. The van der Waals surface area contributed by atoms with Gasteiger partial charge in [-0.15, -0.1) is 0 Å². The van der Waals surface area contributed by atoms with Crippen molar-refractivity contribution in [3.8, 4) is 0 Å². The molecular weight excluding hydrogens is 131 g/mol. The van der Waals surface area contributed by atoms with Crippen LogP contribution in [0.5, 0.6) is 0 Å². The number of amides is 1. The first kappa shape index (κ1) is 6.86. The standard InChI is InChI=1S/C5H7BN2O2/c1-6-8-5(9)4-2-7-3-10-4/h2-3,6H,1H3,(H,8,9). The highest BCUT2D eigenvalue weighted by atomic mass is 16.3. The molecule has 1 rings (SSSR count). The summed E-state index contributed by atoms with van der Waals surface area (Å²) in [4.78, 5) is 14.5. The lowest BCUT2D eigenvalue weighted by molar-refractivity contribution is 0.0953. The number of oxazole rings is 1. The van der Waals surface area contributed by atoms with Crippen LogP contribution in [0.2, 0.25) is 6.82 Å². The lowest BCUT2D eigenvalue weighted by Crippen LogP contribution is -2.24. The number of hydrogen-bond acceptors (Lipinski definition) is 3. The van der Waals surface area contributed by atoms with Gasteiger partial charge in [0, 0.05) is 0 Å². The Morgan fingerprint density at radius 2 is 2.70 bits per heavy atom. The molecular formula is C5H7BN2O2. The fourth-order valence-corrected chi connectivity index (χ4v) is 0.576. The molecule has 10 heavy (non-hydrogen) atoms. The van der Waals surface area contributed by atoms with Crippen molar-refractivity contribution in [2.24, 2.45) is 0 Å². The summed E-state index contributed by atoms with van der Waals surface area (Å²) in [6, 6.07) is 0. The van der Waals surface area contributed by atoms with Crippen LogP contribution in [0.4, 0.5) is 0 Å². The second kappa shape index (κ2) is 3.05. The van der Waals surface area contributed by atoms with Crippen molar-refractivity contribution in [1.29, 1.82) is 0 Å². The van der Waals surface area contributed by atoms with E-state index in [1.165, 1.54) is 12.6 Å². The van der Waals surface area contributed by atoms with E-state index in [2.05, 4.69) is 10.2 Å². The van der Waals surface area contributed by atoms with Crippen LogP contribution in [0.15, 0.2) is 17.0 Å². The minimum Gasteiger partial charge on any atom is -0.438 e. The van der Waals surface area contributed by atoms with Crippen LogP contribution in [-0.2, 0) is 0 Å². The smallest absolute Gasteiger partial charge is 0.276 e. The average molecular weight is 138 g/mol. The summed E-state index contributed by atoms with van der Waals surface area (Å²) in [6.45, 7) is 1.84. The number of rotatable bonds is 2. The lowest BCUT2D eigenvalue weighted by Gasteiger charge is -1.93. The van der Waals surface area contributed by atoms with Crippen LogP contribution in [0.25, 0.3) is 0 Å². The molecule has 1 aromatic heterocycles. The summed E-state index contributed by atoms with van der Waals surface area (Å²) in [5.41, 5.74) is 0. The van der Waals surface area contributed by atoms with E-state index in [0.29, 0.717) is 7.41 Å². The maximum atomic E-state index is 10.9. The molecule has 0 radical (unpaired) electrons. The molecule has 1 amide bonds. The van der Waals surface area contributed by atoms with E-state index >= 15 is 0 Å². The zero-order valence-electron chi connectivity index (χ0n) is 5.63. The van der Waals surface area contributed by atoms with Gasteiger partial charge in [-0.2, -0.15) is 0 Å². The quantitative estimate of drug-likeness (QED) is 0.576. The van der Waals surface area contributed by atoms with E-state index < -0.39 is 0 Å². The summed E-state index contributed by atoms with van der Waals surface area (Å²) in [7, 11) is 0.597. The Morgan fingerprint density at radius 3 is 3.20 bits per heavy atom. The average Bonchev–Trinajstić information content (AvgIpc) is 2.38. The van der Waals surface area contributed by atoms with Crippen LogP contribution in [-0.4, -0.2) is 18.3 Å². The largest absolute Gasteiger partial charge is 0.438 e.